The van der Waals surface area contributed by atoms with Gasteiger partial charge in [-0.15, -0.1) is 0 Å². The van der Waals surface area contributed by atoms with Gasteiger partial charge in [-0.1, -0.05) is 35.9 Å². The summed E-state index contributed by atoms with van der Waals surface area (Å²) in [6, 6.07) is 10.7. The second-order valence-corrected chi connectivity index (χ2v) is 9.09. The number of benzene rings is 2. The van der Waals surface area contributed by atoms with Crippen LogP contribution in [0.5, 0.6) is 0 Å². The molecular weight excluding hydrogens is 419 g/mol. The van der Waals surface area contributed by atoms with Gasteiger partial charge in [-0.3, -0.25) is 15.0 Å². The number of nitrogens with one attached hydrogen (secondary N) is 1. The van der Waals surface area contributed by atoms with E-state index in [0.29, 0.717) is 22.3 Å². The van der Waals surface area contributed by atoms with E-state index in [9.17, 15) is 9.59 Å². The van der Waals surface area contributed by atoms with Crippen LogP contribution in [-0.2, 0) is 10.5 Å². The van der Waals surface area contributed by atoms with E-state index in [1.807, 2.05) is 39.0 Å². The normalized spacial score (nSPS) is 15.4. The van der Waals surface area contributed by atoms with Gasteiger partial charge in [-0.25, -0.2) is 4.39 Å². The number of alkyl halides is 1. The lowest BCUT2D eigenvalue weighted by Crippen LogP contribution is -2.58. The highest BCUT2D eigenvalue weighted by Crippen LogP contribution is 2.37. The fourth-order valence-corrected chi connectivity index (χ4v) is 4.00. The average Bonchev–Trinajstić information content (AvgIpc) is 2.75. The van der Waals surface area contributed by atoms with Crippen LogP contribution in [0, 0.1) is 26.2 Å². The summed E-state index contributed by atoms with van der Waals surface area (Å²) in [5.74, 6) is -0.657. The van der Waals surface area contributed by atoms with Crippen molar-refractivity contribution in [2.75, 3.05) is 27.2 Å². The number of aryl methyl sites for hydroxylation is 3. The van der Waals surface area contributed by atoms with Crippen molar-refractivity contribution in [3.8, 4) is 0 Å². The van der Waals surface area contributed by atoms with Crippen LogP contribution in [-0.4, -0.2) is 54.5 Å². The van der Waals surface area contributed by atoms with Gasteiger partial charge >= 0.3 is 0 Å². The summed E-state index contributed by atoms with van der Waals surface area (Å²) < 4.78 is 15.3. The molecule has 7 heteroatoms. The minimum Gasteiger partial charge on any atom is -0.394 e. The molecule has 2 amide bonds. The fourth-order valence-electron chi connectivity index (χ4n) is 4.00. The van der Waals surface area contributed by atoms with Gasteiger partial charge in [-0.2, -0.15) is 0 Å². The van der Waals surface area contributed by atoms with Crippen LogP contribution in [0.1, 0.15) is 45.1 Å². The quantitative estimate of drug-likeness (QED) is 0.538. The van der Waals surface area contributed by atoms with Gasteiger partial charge in [0.15, 0.2) is 5.67 Å². The molecule has 0 aliphatic carbocycles. The monoisotopic (exact) mass is 450 g/mol. The number of halogens is 1. The number of amides is 2. The first-order valence-electron chi connectivity index (χ1n) is 10.8. The molecule has 0 bridgehead atoms. The summed E-state index contributed by atoms with van der Waals surface area (Å²) in [6.45, 7) is 7.20. The lowest BCUT2D eigenvalue weighted by molar-refractivity contribution is -0.124. The molecule has 3 rings (SSSR count). The second-order valence-electron chi connectivity index (χ2n) is 9.09. The number of hydrogen-bond acceptors (Lipinski definition) is 4. The fraction of sp³-hybridized carbons (Fsp3) is 0.346. The van der Waals surface area contributed by atoms with Crippen molar-refractivity contribution in [3.05, 3.63) is 81.0 Å². The average molecular weight is 451 g/mol. The molecule has 1 aliphatic heterocycles. The first kappa shape index (κ1) is 24.2. The topological polar surface area (TPSA) is 90.5 Å². The van der Waals surface area contributed by atoms with Gasteiger partial charge in [0.1, 0.15) is 5.70 Å². The Morgan fingerprint density at radius 1 is 1.03 bits per heavy atom. The third-order valence-corrected chi connectivity index (χ3v) is 6.23. The lowest BCUT2D eigenvalue weighted by atomic mass is 9.86. The maximum absolute atomic E-state index is 15.3. The SMILES string of the molecule is CC(C(=N)c1cc(C(=O)N2CC(F)(c3ccc(C)cc3)C2)c(C)cc1C)=C(N)C(=O)N(C)C. The summed E-state index contributed by atoms with van der Waals surface area (Å²) in [5, 5.41) is 8.61. The highest BCUT2D eigenvalue weighted by molar-refractivity contribution is 6.15. The third-order valence-electron chi connectivity index (χ3n) is 6.23. The highest BCUT2D eigenvalue weighted by atomic mass is 19.1. The van der Waals surface area contributed by atoms with Crippen molar-refractivity contribution < 1.29 is 14.0 Å². The molecule has 0 aromatic heterocycles. The third kappa shape index (κ3) is 4.53. The Balaban J connectivity index is 1.87. The largest absolute Gasteiger partial charge is 0.394 e. The maximum Gasteiger partial charge on any atom is 0.269 e. The molecule has 0 saturated carbocycles. The minimum absolute atomic E-state index is 0.0131. The molecule has 0 atom stereocenters. The molecule has 33 heavy (non-hydrogen) atoms. The summed E-state index contributed by atoms with van der Waals surface area (Å²) in [6.07, 6.45) is 0. The number of likely N-dealkylation sites (tertiary alicyclic amines) is 1. The van der Waals surface area contributed by atoms with E-state index in [1.54, 1.807) is 39.2 Å². The first-order valence-corrected chi connectivity index (χ1v) is 10.8. The zero-order chi connectivity index (χ0) is 24.7. The van der Waals surface area contributed by atoms with E-state index in [4.69, 9.17) is 11.1 Å². The van der Waals surface area contributed by atoms with Gasteiger partial charge in [0.2, 0.25) is 0 Å². The molecule has 2 aromatic carbocycles. The van der Waals surface area contributed by atoms with Crippen LogP contribution >= 0.6 is 0 Å². The van der Waals surface area contributed by atoms with Gasteiger partial charge in [0.25, 0.3) is 11.8 Å². The predicted molar refractivity (Wildman–Crippen MR) is 128 cm³/mol. The number of nitrogens with zero attached hydrogens (tertiary/aromatic N) is 2. The number of carbonyl (C=O) groups excluding carboxylic acids is 2. The number of hydrogen-bond donors (Lipinski definition) is 2. The first-order chi connectivity index (χ1) is 15.4. The smallest absolute Gasteiger partial charge is 0.269 e. The van der Waals surface area contributed by atoms with Crippen molar-refractivity contribution in [2.24, 2.45) is 5.73 Å². The molecule has 1 heterocycles. The Kier molecular flexibility index (Phi) is 6.45. The van der Waals surface area contributed by atoms with E-state index in [0.717, 1.165) is 16.7 Å². The van der Waals surface area contributed by atoms with Gasteiger partial charge in [0.05, 0.1) is 18.8 Å². The maximum atomic E-state index is 15.3. The molecule has 0 spiro atoms. The number of rotatable bonds is 5. The van der Waals surface area contributed by atoms with Crippen LogP contribution in [0.25, 0.3) is 0 Å². The van der Waals surface area contributed by atoms with Gasteiger partial charge in [0, 0.05) is 30.8 Å². The lowest BCUT2D eigenvalue weighted by Gasteiger charge is -2.45. The summed E-state index contributed by atoms with van der Waals surface area (Å²) in [4.78, 5) is 28.3. The summed E-state index contributed by atoms with van der Waals surface area (Å²) in [5.41, 5.74) is 8.93. The number of allylic oxidation sites excluding steroid dienone is 1. The van der Waals surface area contributed by atoms with Crippen molar-refractivity contribution >= 4 is 17.5 Å². The number of carbonyl (C=O) groups is 2. The Labute approximate surface area is 194 Å². The molecule has 1 aliphatic rings. The summed E-state index contributed by atoms with van der Waals surface area (Å²) >= 11 is 0. The zero-order valence-electron chi connectivity index (χ0n) is 20.0. The molecule has 1 saturated heterocycles. The van der Waals surface area contributed by atoms with Crippen molar-refractivity contribution in [2.45, 2.75) is 33.4 Å². The number of nitrogens with two attached hydrogens (primary N) is 1. The highest BCUT2D eigenvalue weighted by Gasteiger charge is 2.47. The van der Waals surface area contributed by atoms with E-state index in [1.165, 1.54) is 9.80 Å². The van der Waals surface area contributed by atoms with Crippen molar-refractivity contribution in [3.63, 3.8) is 0 Å². The molecule has 1 fully saturated rings. The molecule has 2 aromatic rings. The van der Waals surface area contributed by atoms with Crippen molar-refractivity contribution in [1.82, 2.24) is 9.80 Å². The minimum atomic E-state index is -1.56. The van der Waals surface area contributed by atoms with Crippen LogP contribution in [0.2, 0.25) is 0 Å². The Hall–Kier alpha value is -3.48. The van der Waals surface area contributed by atoms with Gasteiger partial charge < -0.3 is 15.5 Å². The zero-order valence-corrected chi connectivity index (χ0v) is 20.0. The molecule has 6 nitrogen and oxygen atoms in total. The van der Waals surface area contributed by atoms with E-state index in [2.05, 4.69) is 0 Å². The van der Waals surface area contributed by atoms with Crippen LogP contribution in [0.3, 0.4) is 0 Å². The number of likely N-dealkylation sites (N-methyl/N-ethyl adjacent to an activating group) is 1. The predicted octanol–water partition coefficient (Wildman–Crippen LogP) is 3.62. The van der Waals surface area contributed by atoms with E-state index < -0.39 is 5.67 Å². The Morgan fingerprint density at radius 3 is 2.12 bits per heavy atom. The second kappa shape index (κ2) is 8.81. The molecular formula is C26H31FN4O2. The molecule has 174 valence electrons. The van der Waals surface area contributed by atoms with Crippen LogP contribution < -0.4 is 5.73 Å². The van der Waals surface area contributed by atoms with Crippen LogP contribution in [0.15, 0.2) is 47.7 Å². The van der Waals surface area contributed by atoms with Crippen molar-refractivity contribution in [1.29, 1.82) is 5.41 Å². The van der Waals surface area contributed by atoms with E-state index in [-0.39, 0.29) is 36.3 Å². The standard InChI is InChI=1S/C26H31FN4O2/c1-15-7-9-19(10-8-15)26(27)13-31(14-26)24(32)21-12-20(16(2)11-17(21)3)22(28)18(4)23(29)25(33)30(5)6/h7-12,28H,13-14,29H2,1-6H3. The van der Waals surface area contributed by atoms with E-state index >= 15 is 4.39 Å². The van der Waals surface area contributed by atoms with Gasteiger partial charge in [-0.05, 0) is 50.5 Å². The molecule has 3 N–H and O–H groups in total. The summed E-state index contributed by atoms with van der Waals surface area (Å²) in [7, 11) is 3.18. The Morgan fingerprint density at radius 2 is 1.58 bits per heavy atom. The Bertz CT molecular complexity index is 1160. The van der Waals surface area contributed by atoms with Crippen LogP contribution in [0.4, 0.5) is 4.39 Å². The molecule has 0 radical (unpaired) electrons. The molecule has 0 unspecified atom stereocenters.